The molecule has 0 bridgehead atoms. The molecule has 0 radical (unpaired) electrons. The van der Waals surface area contributed by atoms with Crippen molar-refractivity contribution in [2.75, 3.05) is 11.5 Å². The molecule has 1 rings (SSSR count). The maximum atomic E-state index is 11.1. The monoisotopic (exact) mass is 203 g/mol. The van der Waals surface area contributed by atoms with Crippen LogP contribution in [0.5, 0.6) is 0 Å². The third-order valence-electron chi connectivity index (χ3n) is 2.13. The van der Waals surface area contributed by atoms with E-state index in [1.807, 2.05) is 0 Å². The fourth-order valence-corrected chi connectivity index (χ4v) is 2.57. The first-order valence-corrected chi connectivity index (χ1v) is 5.38. The maximum absolute atomic E-state index is 11.1. The van der Waals surface area contributed by atoms with Crippen molar-refractivity contribution in [1.82, 2.24) is 5.32 Å². The normalized spacial score (nSPS) is 27.2. The van der Waals surface area contributed by atoms with Crippen LogP contribution >= 0.6 is 11.8 Å². The second-order valence-corrected chi connectivity index (χ2v) is 4.20. The fraction of sp³-hybridized carbons (Fsp3) is 0.750. The van der Waals surface area contributed by atoms with Gasteiger partial charge in [-0.3, -0.25) is 4.79 Å². The van der Waals surface area contributed by atoms with E-state index >= 15 is 0 Å². The lowest BCUT2D eigenvalue weighted by atomic mass is 9.99. The van der Waals surface area contributed by atoms with E-state index in [0.29, 0.717) is 18.6 Å². The summed E-state index contributed by atoms with van der Waals surface area (Å²) in [7, 11) is 0. The summed E-state index contributed by atoms with van der Waals surface area (Å²) in [6.45, 7) is 1.72. The number of rotatable bonds is 3. The van der Waals surface area contributed by atoms with Gasteiger partial charge in [0, 0.05) is 12.2 Å². The summed E-state index contributed by atoms with van der Waals surface area (Å²) in [5.74, 6) is 0.175. The van der Waals surface area contributed by atoms with Crippen LogP contribution in [0.25, 0.3) is 0 Å². The number of hydrogen-bond acceptors (Lipinski definition) is 3. The van der Waals surface area contributed by atoms with Crippen LogP contribution in [-0.4, -0.2) is 34.0 Å². The summed E-state index contributed by atoms with van der Waals surface area (Å²) < 4.78 is 0. The predicted octanol–water partition coefficient (Wildman–Crippen LogP) is 0.473. The van der Waals surface area contributed by atoms with Gasteiger partial charge in [0.2, 0.25) is 5.91 Å². The fourth-order valence-electron chi connectivity index (χ4n) is 1.24. The second kappa shape index (κ2) is 4.00. The Bertz CT molecular complexity index is 223. The zero-order chi connectivity index (χ0) is 9.90. The van der Waals surface area contributed by atoms with Crippen molar-refractivity contribution in [3.05, 3.63) is 0 Å². The molecule has 1 unspecified atom stereocenters. The van der Waals surface area contributed by atoms with Crippen molar-refractivity contribution in [3.8, 4) is 0 Å². The van der Waals surface area contributed by atoms with Crippen molar-refractivity contribution in [1.29, 1.82) is 0 Å². The minimum atomic E-state index is -1.00. The van der Waals surface area contributed by atoms with E-state index in [0.717, 1.165) is 5.75 Å². The molecule has 13 heavy (non-hydrogen) atoms. The summed E-state index contributed by atoms with van der Waals surface area (Å²) in [5.41, 5.74) is -1.00. The molecule has 0 aromatic heterocycles. The first-order valence-electron chi connectivity index (χ1n) is 4.23. The van der Waals surface area contributed by atoms with Gasteiger partial charge in [0.25, 0.3) is 0 Å². The van der Waals surface area contributed by atoms with Crippen LogP contribution in [0.3, 0.4) is 0 Å². The third kappa shape index (κ3) is 2.15. The zero-order valence-corrected chi connectivity index (χ0v) is 8.32. The van der Waals surface area contributed by atoms with Gasteiger partial charge >= 0.3 is 5.97 Å². The lowest BCUT2D eigenvalue weighted by Gasteiger charge is -2.24. The van der Waals surface area contributed by atoms with E-state index in [9.17, 15) is 9.59 Å². The van der Waals surface area contributed by atoms with Crippen LogP contribution in [0.1, 0.15) is 19.8 Å². The molecule has 1 amide bonds. The highest BCUT2D eigenvalue weighted by atomic mass is 32.2. The highest BCUT2D eigenvalue weighted by Crippen LogP contribution is 2.28. The van der Waals surface area contributed by atoms with E-state index in [4.69, 9.17) is 5.11 Å². The van der Waals surface area contributed by atoms with Crippen molar-refractivity contribution in [2.45, 2.75) is 25.3 Å². The molecule has 0 aromatic carbocycles. The molecule has 4 nitrogen and oxygen atoms in total. The van der Waals surface area contributed by atoms with Gasteiger partial charge in [-0.15, -0.1) is 0 Å². The largest absolute Gasteiger partial charge is 0.479 e. The summed E-state index contributed by atoms with van der Waals surface area (Å²) in [5, 5.41) is 11.6. The number of thioether (sulfide) groups is 1. The molecule has 0 aromatic rings. The van der Waals surface area contributed by atoms with Gasteiger partial charge in [-0.2, -0.15) is 11.8 Å². The second-order valence-electron chi connectivity index (χ2n) is 3.09. The van der Waals surface area contributed by atoms with Crippen LogP contribution in [0.15, 0.2) is 0 Å². The Morgan fingerprint density at radius 2 is 2.31 bits per heavy atom. The molecular formula is C8H13NO3S. The molecule has 1 heterocycles. The van der Waals surface area contributed by atoms with Gasteiger partial charge in [0.1, 0.15) is 5.54 Å². The lowest BCUT2D eigenvalue weighted by Crippen LogP contribution is -2.54. The highest BCUT2D eigenvalue weighted by Gasteiger charge is 2.42. The van der Waals surface area contributed by atoms with E-state index in [2.05, 4.69) is 5.32 Å². The first-order chi connectivity index (χ1) is 6.10. The van der Waals surface area contributed by atoms with Gasteiger partial charge in [0.05, 0.1) is 0 Å². The molecule has 5 heteroatoms. The van der Waals surface area contributed by atoms with Crippen LogP contribution < -0.4 is 5.32 Å². The molecule has 1 aliphatic rings. The van der Waals surface area contributed by atoms with Gasteiger partial charge < -0.3 is 10.4 Å². The quantitative estimate of drug-likeness (QED) is 0.700. The molecule has 2 N–H and O–H groups in total. The number of nitrogens with one attached hydrogen (secondary N) is 1. The summed E-state index contributed by atoms with van der Waals surface area (Å²) in [6.07, 6.45) is 0.860. The van der Waals surface area contributed by atoms with E-state index < -0.39 is 11.5 Å². The number of carboxylic acid groups (broad SMARTS) is 1. The Morgan fingerprint density at radius 1 is 1.62 bits per heavy atom. The van der Waals surface area contributed by atoms with Crippen molar-refractivity contribution >= 4 is 23.6 Å². The lowest BCUT2D eigenvalue weighted by molar-refractivity contribution is -0.146. The average Bonchev–Trinajstić information content (AvgIpc) is 2.54. The van der Waals surface area contributed by atoms with Crippen LogP contribution in [0.4, 0.5) is 0 Å². The molecule has 0 aliphatic carbocycles. The zero-order valence-electron chi connectivity index (χ0n) is 7.50. The van der Waals surface area contributed by atoms with E-state index in [-0.39, 0.29) is 5.91 Å². The number of hydrogen-bond donors (Lipinski definition) is 2. The van der Waals surface area contributed by atoms with Crippen molar-refractivity contribution < 1.29 is 14.7 Å². The smallest absolute Gasteiger partial charge is 0.330 e. The molecule has 74 valence electrons. The molecular weight excluding hydrogens is 190 g/mol. The molecule has 1 aliphatic heterocycles. The SMILES string of the molecule is CCC(=O)NC1(C(=O)O)CCSC1. The van der Waals surface area contributed by atoms with Crippen molar-refractivity contribution in [2.24, 2.45) is 0 Å². The number of amides is 1. The average molecular weight is 203 g/mol. The molecule has 1 fully saturated rings. The van der Waals surface area contributed by atoms with Crippen LogP contribution in [-0.2, 0) is 9.59 Å². The van der Waals surface area contributed by atoms with Crippen LogP contribution in [0.2, 0.25) is 0 Å². The van der Waals surface area contributed by atoms with E-state index in [1.165, 1.54) is 0 Å². The molecule has 1 atom stereocenters. The maximum Gasteiger partial charge on any atom is 0.330 e. The van der Waals surface area contributed by atoms with Gasteiger partial charge in [-0.25, -0.2) is 4.79 Å². The Labute approximate surface area is 81.1 Å². The number of carbonyl (C=O) groups excluding carboxylic acids is 1. The Hall–Kier alpha value is -0.710. The minimum Gasteiger partial charge on any atom is -0.479 e. The predicted molar refractivity (Wildman–Crippen MR) is 50.7 cm³/mol. The van der Waals surface area contributed by atoms with E-state index in [1.54, 1.807) is 18.7 Å². The van der Waals surface area contributed by atoms with Gasteiger partial charge in [0.15, 0.2) is 0 Å². The number of aliphatic carboxylic acids is 1. The minimum absolute atomic E-state index is 0.190. The highest BCUT2D eigenvalue weighted by molar-refractivity contribution is 7.99. The summed E-state index contributed by atoms with van der Waals surface area (Å²) >= 11 is 1.57. The number of carbonyl (C=O) groups is 2. The standard InChI is InChI=1S/C8H13NO3S/c1-2-6(10)9-8(7(11)12)3-4-13-5-8/h2-5H2,1H3,(H,9,10)(H,11,12). The third-order valence-corrected chi connectivity index (χ3v) is 3.32. The summed E-state index contributed by atoms with van der Waals surface area (Å²) in [6, 6.07) is 0. The topological polar surface area (TPSA) is 66.4 Å². The van der Waals surface area contributed by atoms with Gasteiger partial charge in [-0.05, 0) is 12.2 Å². The van der Waals surface area contributed by atoms with Crippen LogP contribution in [0, 0.1) is 0 Å². The molecule has 0 spiro atoms. The Morgan fingerprint density at radius 3 is 2.69 bits per heavy atom. The summed E-state index contributed by atoms with van der Waals surface area (Å²) in [4.78, 5) is 22.0. The Kier molecular flexibility index (Phi) is 3.19. The number of carboxylic acids is 1. The first kappa shape index (κ1) is 10.4. The Balaban J connectivity index is 2.68. The molecule has 0 saturated carbocycles. The van der Waals surface area contributed by atoms with Crippen molar-refractivity contribution in [3.63, 3.8) is 0 Å². The van der Waals surface area contributed by atoms with Gasteiger partial charge in [-0.1, -0.05) is 6.92 Å². The molecule has 1 saturated heterocycles.